The van der Waals surface area contributed by atoms with E-state index in [9.17, 15) is 9.59 Å². The van der Waals surface area contributed by atoms with Gasteiger partial charge in [-0.25, -0.2) is 0 Å². The fourth-order valence-electron chi connectivity index (χ4n) is 2.57. The summed E-state index contributed by atoms with van der Waals surface area (Å²) in [4.78, 5) is 33.0. The Bertz CT molecular complexity index is 1010. The van der Waals surface area contributed by atoms with Crippen molar-refractivity contribution in [3.63, 3.8) is 0 Å². The lowest BCUT2D eigenvalue weighted by Crippen LogP contribution is -2.23. The summed E-state index contributed by atoms with van der Waals surface area (Å²) in [6.07, 6.45) is 4.73. The van der Waals surface area contributed by atoms with Crippen LogP contribution in [0.4, 0.5) is 5.69 Å². The number of amides is 2. The molecule has 2 aromatic heterocycles. The summed E-state index contributed by atoms with van der Waals surface area (Å²) >= 11 is 0. The van der Waals surface area contributed by atoms with Gasteiger partial charge in [-0.05, 0) is 42.0 Å². The molecule has 0 saturated carbocycles. The predicted octanol–water partition coefficient (Wildman–Crippen LogP) is 2.68. The molecule has 2 heterocycles. The molecule has 29 heavy (non-hydrogen) atoms. The van der Waals surface area contributed by atoms with Gasteiger partial charge in [0.25, 0.3) is 11.8 Å². The highest BCUT2D eigenvalue weighted by atomic mass is 16.5. The van der Waals surface area contributed by atoms with E-state index in [4.69, 9.17) is 9.47 Å². The summed E-state index contributed by atoms with van der Waals surface area (Å²) in [5.74, 6) is 0.285. The Balaban J connectivity index is 1.70. The van der Waals surface area contributed by atoms with E-state index >= 15 is 0 Å². The van der Waals surface area contributed by atoms with Crippen LogP contribution < -0.4 is 20.1 Å². The Morgan fingerprint density at radius 2 is 1.72 bits per heavy atom. The van der Waals surface area contributed by atoms with Gasteiger partial charge in [-0.3, -0.25) is 19.6 Å². The summed E-state index contributed by atoms with van der Waals surface area (Å²) in [5.41, 5.74) is 1.83. The van der Waals surface area contributed by atoms with E-state index in [1.54, 1.807) is 43.8 Å². The van der Waals surface area contributed by atoms with Crippen LogP contribution in [-0.4, -0.2) is 36.0 Å². The van der Waals surface area contributed by atoms with Gasteiger partial charge in [-0.1, -0.05) is 0 Å². The number of pyridine rings is 2. The average Bonchev–Trinajstić information content (AvgIpc) is 2.78. The van der Waals surface area contributed by atoms with Crippen molar-refractivity contribution in [3.8, 4) is 11.5 Å². The molecule has 148 valence electrons. The predicted molar refractivity (Wildman–Crippen MR) is 107 cm³/mol. The van der Waals surface area contributed by atoms with Gasteiger partial charge in [0.2, 0.25) is 0 Å². The van der Waals surface area contributed by atoms with E-state index in [1.165, 1.54) is 19.4 Å². The number of nitrogens with one attached hydrogen (secondary N) is 2. The second-order valence-corrected chi connectivity index (χ2v) is 5.99. The van der Waals surface area contributed by atoms with Gasteiger partial charge >= 0.3 is 0 Å². The summed E-state index contributed by atoms with van der Waals surface area (Å²) in [6, 6.07) is 11.6. The topological polar surface area (TPSA) is 102 Å². The van der Waals surface area contributed by atoms with Crippen LogP contribution >= 0.6 is 0 Å². The van der Waals surface area contributed by atoms with Crippen molar-refractivity contribution in [3.05, 3.63) is 77.9 Å². The van der Waals surface area contributed by atoms with Gasteiger partial charge in [-0.2, -0.15) is 0 Å². The Morgan fingerprint density at radius 1 is 0.931 bits per heavy atom. The number of benzene rings is 1. The van der Waals surface area contributed by atoms with Crippen LogP contribution in [0.3, 0.4) is 0 Å². The summed E-state index contributed by atoms with van der Waals surface area (Å²) in [6.45, 7) is 0.355. The van der Waals surface area contributed by atoms with Crippen molar-refractivity contribution < 1.29 is 19.1 Å². The minimum absolute atomic E-state index is 0.111. The smallest absolute Gasteiger partial charge is 0.274 e. The number of anilines is 1. The van der Waals surface area contributed by atoms with Crippen LogP contribution in [0.15, 0.2) is 61.1 Å². The molecule has 0 saturated heterocycles. The summed E-state index contributed by atoms with van der Waals surface area (Å²) in [5, 5.41) is 5.53. The SMILES string of the molecule is COc1ccc(NC(=O)c2cc(C(=O)NCc3ccncc3)ccn2)c(OC)c1. The largest absolute Gasteiger partial charge is 0.497 e. The average molecular weight is 392 g/mol. The van der Waals surface area contributed by atoms with Crippen LogP contribution in [0.2, 0.25) is 0 Å². The maximum absolute atomic E-state index is 12.6. The third kappa shape index (κ3) is 5.07. The molecule has 3 rings (SSSR count). The van der Waals surface area contributed by atoms with Crippen LogP contribution in [0.25, 0.3) is 0 Å². The lowest BCUT2D eigenvalue weighted by atomic mass is 10.2. The fraction of sp³-hybridized carbons (Fsp3) is 0.143. The van der Waals surface area contributed by atoms with E-state index < -0.39 is 5.91 Å². The molecule has 0 atom stereocenters. The Morgan fingerprint density at radius 3 is 2.45 bits per heavy atom. The second kappa shape index (κ2) is 9.32. The minimum Gasteiger partial charge on any atom is -0.497 e. The van der Waals surface area contributed by atoms with Crippen molar-refractivity contribution >= 4 is 17.5 Å². The van der Waals surface area contributed by atoms with Gasteiger partial charge in [0, 0.05) is 36.8 Å². The van der Waals surface area contributed by atoms with E-state index in [1.807, 2.05) is 12.1 Å². The molecule has 2 N–H and O–H groups in total. The maximum Gasteiger partial charge on any atom is 0.274 e. The molecule has 8 heteroatoms. The van der Waals surface area contributed by atoms with Crippen molar-refractivity contribution in [2.45, 2.75) is 6.54 Å². The maximum atomic E-state index is 12.6. The number of hydrogen-bond donors (Lipinski definition) is 2. The Labute approximate surface area is 167 Å². The Kier molecular flexibility index (Phi) is 6.36. The fourth-order valence-corrected chi connectivity index (χ4v) is 2.57. The first-order valence-corrected chi connectivity index (χ1v) is 8.77. The molecular formula is C21H20N4O4. The molecule has 2 amide bonds. The van der Waals surface area contributed by atoms with Crippen LogP contribution in [0, 0.1) is 0 Å². The van der Waals surface area contributed by atoms with Crippen LogP contribution in [-0.2, 0) is 6.54 Å². The highest BCUT2D eigenvalue weighted by Gasteiger charge is 2.14. The number of aromatic nitrogens is 2. The molecule has 1 aromatic carbocycles. The number of hydrogen-bond acceptors (Lipinski definition) is 6. The van der Waals surface area contributed by atoms with E-state index in [0.717, 1.165) is 5.56 Å². The van der Waals surface area contributed by atoms with E-state index in [2.05, 4.69) is 20.6 Å². The van der Waals surface area contributed by atoms with Crippen molar-refractivity contribution in [1.82, 2.24) is 15.3 Å². The van der Waals surface area contributed by atoms with Gasteiger partial charge in [0.1, 0.15) is 17.2 Å². The monoisotopic (exact) mass is 392 g/mol. The molecular weight excluding hydrogens is 372 g/mol. The third-order valence-electron chi connectivity index (χ3n) is 4.11. The third-order valence-corrected chi connectivity index (χ3v) is 4.11. The molecule has 0 aliphatic heterocycles. The molecule has 0 bridgehead atoms. The first-order chi connectivity index (χ1) is 14.1. The van der Waals surface area contributed by atoms with Gasteiger partial charge in [0.05, 0.1) is 19.9 Å². The van der Waals surface area contributed by atoms with E-state index in [0.29, 0.717) is 29.3 Å². The van der Waals surface area contributed by atoms with Crippen molar-refractivity contribution in [2.75, 3.05) is 19.5 Å². The molecule has 0 aliphatic carbocycles. The first kappa shape index (κ1) is 19.8. The quantitative estimate of drug-likeness (QED) is 0.641. The first-order valence-electron chi connectivity index (χ1n) is 8.77. The van der Waals surface area contributed by atoms with Gasteiger partial charge in [-0.15, -0.1) is 0 Å². The van der Waals surface area contributed by atoms with Crippen molar-refractivity contribution in [2.24, 2.45) is 0 Å². The number of rotatable bonds is 7. The molecule has 0 unspecified atom stereocenters. The highest BCUT2D eigenvalue weighted by Crippen LogP contribution is 2.29. The molecule has 0 aliphatic rings. The minimum atomic E-state index is -0.461. The zero-order valence-electron chi connectivity index (χ0n) is 16.0. The summed E-state index contributed by atoms with van der Waals surface area (Å²) < 4.78 is 10.4. The lowest BCUT2D eigenvalue weighted by molar-refractivity contribution is 0.0950. The second-order valence-electron chi connectivity index (χ2n) is 5.99. The van der Waals surface area contributed by atoms with Crippen molar-refractivity contribution in [1.29, 1.82) is 0 Å². The molecule has 0 spiro atoms. The number of methoxy groups -OCH3 is 2. The molecule has 0 fully saturated rings. The zero-order valence-corrected chi connectivity index (χ0v) is 16.0. The number of carbonyl (C=O) groups is 2. The normalized spacial score (nSPS) is 10.1. The lowest BCUT2D eigenvalue weighted by Gasteiger charge is -2.12. The summed E-state index contributed by atoms with van der Waals surface area (Å²) in [7, 11) is 3.04. The Hall–Kier alpha value is -3.94. The molecule has 3 aromatic rings. The van der Waals surface area contributed by atoms with Crippen LogP contribution in [0.5, 0.6) is 11.5 Å². The zero-order chi connectivity index (χ0) is 20.6. The molecule has 8 nitrogen and oxygen atoms in total. The van der Waals surface area contributed by atoms with Gasteiger partial charge in [0.15, 0.2) is 0 Å². The van der Waals surface area contributed by atoms with E-state index in [-0.39, 0.29) is 11.6 Å². The number of nitrogens with zero attached hydrogens (tertiary/aromatic N) is 2. The number of ether oxygens (including phenoxy) is 2. The standard InChI is InChI=1S/C21H20N4O4/c1-28-16-3-4-17(19(12-16)29-2)25-21(27)18-11-15(7-10-23-18)20(26)24-13-14-5-8-22-9-6-14/h3-12H,13H2,1-2H3,(H,24,26)(H,25,27). The highest BCUT2D eigenvalue weighted by molar-refractivity contribution is 6.05. The number of carbonyl (C=O) groups excluding carboxylic acids is 2. The van der Waals surface area contributed by atoms with Gasteiger partial charge < -0.3 is 20.1 Å². The van der Waals surface area contributed by atoms with Crippen LogP contribution in [0.1, 0.15) is 26.4 Å². The molecule has 0 radical (unpaired) electrons.